The standard InChI is InChI=1S/C23H27N11O8P2S/c1-9-18-13(41-23(9)34-8-28-16-19(24)25-6-26-21(16)34)5-40-44(37,45)39-4-11-10(3-38-43(36)42-18)2-12(11)33-7-27-15-17(35)14-20(29-22(15)33)31-32-30-14/h6-14,18,23,43H,2-5H2,1H3,(H,37,45)(H2,24,25,26)(H,29,30,31)/t9-,10-,11-,12-,13-,14?,18+,23-,44-/m1/s1. The zero-order valence-corrected chi connectivity index (χ0v) is 26.2. The molecule has 0 amide bonds. The Bertz CT molecular complexity index is 1830. The number of carbonyl (C=O) groups excluding carboxylic acids is 1. The van der Waals surface area contributed by atoms with Crippen LogP contribution in [-0.2, 0) is 32.0 Å². The summed E-state index contributed by atoms with van der Waals surface area (Å²) in [6.45, 7) is -2.20. The fourth-order valence-corrected chi connectivity index (χ4v) is 8.67. The number of aromatic nitrogens is 6. The molecule has 2 saturated heterocycles. The Morgan fingerprint density at radius 1 is 1.13 bits per heavy atom. The van der Waals surface area contributed by atoms with Crippen LogP contribution in [0.5, 0.6) is 0 Å². The number of ketones is 1. The molecule has 7 heterocycles. The summed E-state index contributed by atoms with van der Waals surface area (Å²) >= 11 is 4.22. The van der Waals surface area contributed by atoms with Crippen LogP contribution >= 0.6 is 27.3 Å². The Morgan fingerprint density at radius 3 is 2.82 bits per heavy atom. The number of anilines is 2. The largest absolute Gasteiger partial charge is 0.386 e. The highest BCUT2D eigenvalue weighted by atomic mass is 32.7. The van der Waals surface area contributed by atoms with Crippen LogP contribution in [0.1, 0.15) is 36.1 Å². The van der Waals surface area contributed by atoms with Crippen molar-refractivity contribution in [2.24, 2.45) is 33.2 Å². The number of ether oxygens (including phenoxy) is 1. The van der Waals surface area contributed by atoms with Gasteiger partial charge in [-0.15, -0.1) is 10.2 Å². The number of nitrogens with one attached hydrogen (secondary N) is 1. The number of carbonyl (C=O) groups is 1. The number of thiol groups is 1. The second kappa shape index (κ2) is 11.0. The third kappa shape index (κ3) is 4.95. The minimum atomic E-state index is -3.89. The van der Waals surface area contributed by atoms with Gasteiger partial charge in [-0.2, -0.15) is 0 Å². The molecule has 0 spiro atoms. The lowest BCUT2D eigenvalue weighted by atomic mass is 9.70. The normalized spacial score (nSPS) is 38.0. The maximum Gasteiger partial charge on any atom is 0.386 e. The summed E-state index contributed by atoms with van der Waals surface area (Å²) in [6, 6.07) is -1.05. The first-order valence-corrected chi connectivity index (χ1v) is 18.0. The fourth-order valence-electron chi connectivity index (χ4n) is 6.49. The van der Waals surface area contributed by atoms with Gasteiger partial charge in [-0.25, -0.2) is 24.5 Å². The molecule has 4 aliphatic heterocycles. The van der Waals surface area contributed by atoms with Gasteiger partial charge >= 0.3 is 15.1 Å². The van der Waals surface area contributed by atoms with Crippen LogP contribution in [0.25, 0.3) is 11.2 Å². The van der Waals surface area contributed by atoms with E-state index in [0.29, 0.717) is 29.2 Å². The Morgan fingerprint density at radius 2 is 1.96 bits per heavy atom. The summed E-state index contributed by atoms with van der Waals surface area (Å²) in [5, 5.41) is 14.5. The van der Waals surface area contributed by atoms with Crippen molar-refractivity contribution in [3.8, 4) is 0 Å². The topological polar surface area (TPSA) is 234 Å². The summed E-state index contributed by atoms with van der Waals surface area (Å²) in [7, 11) is -3.01. The van der Waals surface area contributed by atoms with E-state index in [9.17, 15) is 13.9 Å². The number of imidazole rings is 2. The number of fused-ring (bicyclic) bond motifs is 5. The zero-order chi connectivity index (χ0) is 31.0. The van der Waals surface area contributed by atoms with Crippen molar-refractivity contribution < 1.29 is 36.8 Å². The Balaban J connectivity index is 1.01. The van der Waals surface area contributed by atoms with Crippen molar-refractivity contribution >= 4 is 61.7 Å². The molecule has 238 valence electrons. The number of amidine groups is 1. The Kier molecular flexibility index (Phi) is 7.18. The number of nitrogen functional groups attached to an aromatic ring is 1. The van der Waals surface area contributed by atoms with Gasteiger partial charge in [0.2, 0.25) is 5.78 Å². The minimum Gasteiger partial charge on any atom is -0.382 e. The predicted molar refractivity (Wildman–Crippen MR) is 158 cm³/mol. The molecule has 45 heavy (non-hydrogen) atoms. The van der Waals surface area contributed by atoms with E-state index in [1.54, 1.807) is 10.9 Å². The van der Waals surface area contributed by atoms with E-state index in [2.05, 4.69) is 52.9 Å². The molecule has 0 aromatic carbocycles. The monoisotopic (exact) mass is 679 g/mol. The molecule has 8 rings (SSSR count). The van der Waals surface area contributed by atoms with Gasteiger partial charge < -0.3 is 33.9 Å². The van der Waals surface area contributed by atoms with Crippen LogP contribution < -0.4 is 11.1 Å². The number of nitrogens with two attached hydrogens (primary N) is 1. The van der Waals surface area contributed by atoms with Crippen LogP contribution in [0.4, 0.5) is 11.6 Å². The quantitative estimate of drug-likeness (QED) is 0.261. The molecule has 5 aliphatic rings. The highest BCUT2D eigenvalue weighted by Crippen LogP contribution is 2.57. The second-order valence-corrected chi connectivity index (χ2v) is 15.3. The average Bonchev–Trinajstić information content (AvgIpc) is 3.79. The van der Waals surface area contributed by atoms with Gasteiger partial charge in [0.25, 0.3) is 0 Å². The van der Waals surface area contributed by atoms with Crippen LogP contribution in [0.15, 0.2) is 34.4 Å². The summed E-state index contributed by atoms with van der Waals surface area (Å²) in [5.41, 5.74) is 7.04. The number of hydrogen-bond acceptors (Lipinski definition) is 17. The van der Waals surface area contributed by atoms with E-state index < -0.39 is 39.5 Å². The van der Waals surface area contributed by atoms with Gasteiger partial charge in [-0.3, -0.25) is 18.5 Å². The molecule has 2 unspecified atom stereocenters. The lowest BCUT2D eigenvalue weighted by Crippen LogP contribution is -2.44. The van der Waals surface area contributed by atoms with Gasteiger partial charge in [0.05, 0.1) is 32.5 Å². The predicted octanol–water partition coefficient (Wildman–Crippen LogP) is 2.65. The zero-order valence-electron chi connectivity index (χ0n) is 23.4. The third-order valence-corrected chi connectivity index (χ3v) is 11.4. The van der Waals surface area contributed by atoms with E-state index in [1.165, 1.54) is 12.7 Å². The summed E-state index contributed by atoms with van der Waals surface area (Å²) < 4.78 is 59.4. The molecule has 0 bridgehead atoms. The molecule has 3 aromatic rings. The first-order chi connectivity index (χ1) is 21.7. The first-order valence-electron chi connectivity index (χ1n) is 14.1. The van der Waals surface area contributed by atoms with E-state index in [0.717, 1.165) is 0 Å². The lowest BCUT2D eigenvalue weighted by Gasteiger charge is -2.45. The van der Waals surface area contributed by atoms with Gasteiger partial charge in [-0.05, 0) is 17.6 Å². The van der Waals surface area contributed by atoms with E-state index in [1.807, 2.05) is 11.5 Å². The van der Waals surface area contributed by atoms with Gasteiger partial charge in [0.1, 0.15) is 36.1 Å². The fraction of sp³-hybridized carbons (Fsp3) is 0.565. The van der Waals surface area contributed by atoms with Crippen LogP contribution in [0.3, 0.4) is 0 Å². The Hall–Kier alpha value is -3.09. The second-order valence-electron chi connectivity index (χ2n) is 11.4. The van der Waals surface area contributed by atoms with Gasteiger partial charge in [-0.1, -0.05) is 19.2 Å². The number of rotatable bonds is 2. The smallest absolute Gasteiger partial charge is 0.382 e. The van der Waals surface area contributed by atoms with Crippen LogP contribution in [0.2, 0.25) is 0 Å². The molecule has 3 fully saturated rings. The first kappa shape index (κ1) is 29.3. The summed E-state index contributed by atoms with van der Waals surface area (Å²) in [6.07, 6.45) is 2.75. The van der Waals surface area contributed by atoms with Crippen molar-refractivity contribution in [2.75, 3.05) is 30.9 Å². The molecule has 19 nitrogen and oxygen atoms in total. The van der Waals surface area contributed by atoms with Crippen LogP contribution in [-0.4, -0.2) is 78.8 Å². The van der Waals surface area contributed by atoms with Crippen LogP contribution in [0, 0.1) is 17.8 Å². The van der Waals surface area contributed by atoms with Gasteiger partial charge in [0.15, 0.2) is 29.0 Å². The highest BCUT2D eigenvalue weighted by Gasteiger charge is 2.49. The summed E-state index contributed by atoms with van der Waals surface area (Å²) in [4.78, 5) is 29.7. The Labute approximate surface area is 260 Å². The molecular formula is C23H27N11O8P2S. The molecule has 22 heteroatoms. The number of nitrogens with zero attached hydrogens (tertiary/aromatic N) is 9. The summed E-state index contributed by atoms with van der Waals surface area (Å²) in [5.74, 6) is -0.111. The van der Waals surface area contributed by atoms with Crippen molar-refractivity contribution in [1.82, 2.24) is 29.1 Å². The van der Waals surface area contributed by atoms with Crippen molar-refractivity contribution in [2.45, 2.75) is 43.9 Å². The maximum absolute atomic E-state index is 13.4. The SMILES string of the molecule is C[C@@H]1[C@@H]2O[PH](=O)OC[C@H]3C[C@@H](n4cnc5c4NC4=NN=NC4C5=O)[C@@H]3CO[P@@](=O)(S)OC[C@H]2O[C@H]1n1cnc2c(N)ncnc21. The van der Waals surface area contributed by atoms with E-state index in [4.69, 9.17) is 28.6 Å². The highest BCUT2D eigenvalue weighted by molar-refractivity contribution is 8.44. The molecule has 1 saturated carbocycles. The lowest BCUT2D eigenvalue weighted by molar-refractivity contribution is -0.0387. The minimum absolute atomic E-state index is 0.0213. The molecule has 3 aromatic heterocycles. The molecular weight excluding hydrogens is 652 g/mol. The van der Waals surface area contributed by atoms with E-state index in [-0.39, 0.29) is 60.9 Å². The number of hydrogen-bond donors (Lipinski definition) is 3. The molecule has 1 aliphatic carbocycles. The molecule has 3 N–H and O–H groups in total. The van der Waals surface area contributed by atoms with Crippen molar-refractivity contribution in [1.29, 1.82) is 0 Å². The van der Waals surface area contributed by atoms with Crippen molar-refractivity contribution in [3.05, 3.63) is 24.7 Å². The van der Waals surface area contributed by atoms with Gasteiger partial charge in [0, 0.05) is 17.9 Å². The maximum atomic E-state index is 13.4. The van der Waals surface area contributed by atoms with Crippen molar-refractivity contribution in [3.63, 3.8) is 0 Å². The molecule has 10 atom stereocenters. The van der Waals surface area contributed by atoms with E-state index >= 15 is 0 Å². The third-order valence-electron chi connectivity index (χ3n) is 8.89. The average molecular weight is 680 g/mol. The molecule has 0 radical (unpaired) electrons. The number of Topliss-reactive ketones (excluding diaryl/α,β-unsaturated/α-hetero) is 1.